The van der Waals surface area contributed by atoms with Crippen LogP contribution < -0.4 is 9.67 Å². The molecule has 0 fully saturated rings. The summed E-state index contributed by atoms with van der Waals surface area (Å²) in [6.45, 7) is 2.77. The highest BCUT2D eigenvalue weighted by molar-refractivity contribution is 5.87. The Kier molecular flexibility index (Phi) is 3.66. The maximum Gasteiger partial charge on any atom is 0.243 e. The molecule has 0 amide bonds. The lowest BCUT2D eigenvalue weighted by molar-refractivity contribution is -0.681. The first kappa shape index (κ1) is 13.3. The van der Waals surface area contributed by atoms with Gasteiger partial charge in [0.25, 0.3) is 0 Å². The van der Waals surface area contributed by atoms with E-state index in [2.05, 4.69) is 0 Å². The summed E-state index contributed by atoms with van der Waals surface area (Å²) in [4.78, 5) is 11.1. The Hall–Kier alpha value is -2.14. The molecule has 100 valence electrons. The first-order chi connectivity index (χ1) is 9.04. The fourth-order valence-corrected chi connectivity index (χ4v) is 2.10. The van der Waals surface area contributed by atoms with Gasteiger partial charge < -0.3 is 15.0 Å². The number of rotatable bonds is 4. The number of carbonyl (C=O) groups is 1. The van der Waals surface area contributed by atoms with E-state index in [0.717, 1.165) is 6.54 Å². The van der Waals surface area contributed by atoms with E-state index in [1.807, 2.05) is 24.9 Å². The van der Waals surface area contributed by atoms with Crippen molar-refractivity contribution in [2.45, 2.75) is 19.6 Å². The normalized spacial score (nSPS) is 12.4. The van der Waals surface area contributed by atoms with E-state index in [1.165, 1.54) is 6.07 Å². The minimum atomic E-state index is -1.28. The first-order valence-electron chi connectivity index (χ1n) is 6.08. The van der Waals surface area contributed by atoms with Gasteiger partial charge >= 0.3 is 0 Å². The van der Waals surface area contributed by atoms with Gasteiger partial charge in [0.05, 0.1) is 19.6 Å². The van der Waals surface area contributed by atoms with E-state index >= 15 is 0 Å². The monoisotopic (exact) mass is 260 g/mol. The summed E-state index contributed by atoms with van der Waals surface area (Å²) in [6.07, 6.45) is 2.66. The summed E-state index contributed by atoms with van der Waals surface area (Å²) in [6, 6.07) is 6.34. The fourth-order valence-electron chi connectivity index (χ4n) is 2.10. The maximum absolute atomic E-state index is 11.1. The van der Waals surface area contributed by atoms with Gasteiger partial charge in [-0.3, -0.25) is 0 Å². The molecule has 0 spiro atoms. The highest BCUT2D eigenvalue weighted by Gasteiger charge is 2.22. The third-order valence-corrected chi connectivity index (χ3v) is 3.15. The minimum Gasteiger partial charge on any atom is -0.545 e. The van der Waals surface area contributed by atoms with Crippen molar-refractivity contribution in [3.63, 3.8) is 0 Å². The molecule has 1 aromatic heterocycles. The number of aryl methyl sites for hydroxylation is 2. The maximum atomic E-state index is 11.1. The van der Waals surface area contributed by atoms with Crippen LogP contribution in [0.5, 0.6) is 0 Å². The molecule has 0 saturated carbocycles. The molecule has 0 bridgehead atoms. The molecular weight excluding hydrogens is 244 g/mol. The lowest BCUT2D eigenvalue weighted by Gasteiger charge is -2.14. The highest BCUT2D eigenvalue weighted by atomic mass is 16.4. The molecule has 0 aliphatic carbocycles. The molecule has 1 heterocycles. The molecule has 5 heteroatoms. The lowest BCUT2D eigenvalue weighted by atomic mass is 10.0. The van der Waals surface area contributed by atoms with Gasteiger partial charge in [0.2, 0.25) is 6.33 Å². The quantitative estimate of drug-likeness (QED) is 0.773. The minimum absolute atomic E-state index is 0.0132. The second-order valence-electron chi connectivity index (χ2n) is 4.39. The zero-order chi connectivity index (χ0) is 14.0. The smallest absolute Gasteiger partial charge is 0.243 e. The van der Waals surface area contributed by atoms with Gasteiger partial charge in [0, 0.05) is 5.56 Å². The largest absolute Gasteiger partial charge is 0.545 e. The highest BCUT2D eigenvalue weighted by Crippen LogP contribution is 2.22. The van der Waals surface area contributed by atoms with Crippen LogP contribution in [0.1, 0.15) is 34.6 Å². The van der Waals surface area contributed by atoms with Gasteiger partial charge in [-0.15, -0.1) is 0 Å². The predicted molar refractivity (Wildman–Crippen MR) is 66.1 cm³/mol. The van der Waals surface area contributed by atoms with Crippen molar-refractivity contribution in [2.75, 3.05) is 0 Å². The van der Waals surface area contributed by atoms with Crippen LogP contribution in [0, 0.1) is 0 Å². The molecule has 0 aliphatic rings. The molecule has 2 aromatic rings. The van der Waals surface area contributed by atoms with Gasteiger partial charge in [-0.05, 0) is 12.5 Å². The van der Waals surface area contributed by atoms with E-state index in [1.54, 1.807) is 29.0 Å². The molecule has 19 heavy (non-hydrogen) atoms. The van der Waals surface area contributed by atoms with Crippen LogP contribution in [0.15, 0.2) is 36.8 Å². The van der Waals surface area contributed by atoms with E-state index in [0.29, 0.717) is 11.3 Å². The number of imidazole rings is 1. The SMILES string of the molecule is CCn1cc(C(O)c2ccccc2C(=O)[O-])[n+](C)c1. The number of aliphatic hydroxyl groups is 1. The summed E-state index contributed by atoms with van der Waals surface area (Å²) in [5.41, 5.74) is 0.988. The second kappa shape index (κ2) is 5.24. The number of carboxylic acid groups (broad SMARTS) is 1. The van der Waals surface area contributed by atoms with Crippen LogP contribution in [0.25, 0.3) is 0 Å². The van der Waals surface area contributed by atoms with Crippen LogP contribution in [0.2, 0.25) is 0 Å². The first-order valence-corrected chi connectivity index (χ1v) is 6.08. The van der Waals surface area contributed by atoms with E-state index in [9.17, 15) is 15.0 Å². The van der Waals surface area contributed by atoms with Crippen LogP contribution in [0.3, 0.4) is 0 Å². The molecule has 2 rings (SSSR count). The number of hydrogen-bond donors (Lipinski definition) is 1. The van der Waals surface area contributed by atoms with Crippen molar-refractivity contribution in [1.29, 1.82) is 0 Å². The topological polar surface area (TPSA) is 69.2 Å². The van der Waals surface area contributed by atoms with Crippen molar-refractivity contribution in [3.05, 3.63) is 53.6 Å². The molecule has 0 radical (unpaired) electrons. The Bertz CT molecular complexity index is 604. The van der Waals surface area contributed by atoms with Crippen LogP contribution in [-0.2, 0) is 13.6 Å². The molecule has 1 aromatic carbocycles. The zero-order valence-corrected chi connectivity index (χ0v) is 10.9. The number of benzene rings is 1. The summed E-state index contributed by atoms with van der Waals surface area (Å²) in [5.74, 6) is -1.28. The Morgan fingerprint density at radius 1 is 1.47 bits per heavy atom. The van der Waals surface area contributed by atoms with Gasteiger partial charge in [-0.1, -0.05) is 24.3 Å². The molecular formula is C14H16N2O3. The Balaban J connectivity index is 2.46. The van der Waals surface area contributed by atoms with Crippen molar-refractivity contribution < 1.29 is 19.6 Å². The Labute approximate surface area is 111 Å². The standard InChI is InChI=1S/C14H16N2O3/c1-3-16-8-12(15(2)9-16)13(17)10-6-4-5-7-11(10)14(18)19/h4-9,13,17H,3H2,1-2H3. The second-order valence-corrected chi connectivity index (χ2v) is 4.39. The number of carbonyl (C=O) groups excluding carboxylic acids is 1. The van der Waals surface area contributed by atoms with Gasteiger partial charge in [-0.2, -0.15) is 0 Å². The van der Waals surface area contributed by atoms with E-state index < -0.39 is 12.1 Å². The number of aromatic nitrogens is 2. The number of hydrogen-bond acceptors (Lipinski definition) is 3. The third kappa shape index (κ3) is 2.51. The summed E-state index contributed by atoms with van der Waals surface area (Å²) >= 11 is 0. The number of aliphatic hydroxyl groups excluding tert-OH is 1. The third-order valence-electron chi connectivity index (χ3n) is 3.15. The number of nitrogens with zero attached hydrogens (tertiary/aromatic N) is 2. The van der Waals surface area contributed by atoms with Crippen LogP contribution in [-0.4, -0.2) is 15.6 Å². The lowest BCUT2D eigenvalue weighted by Crippen LogP contribution is -2.33. The van der Waals surface area contributed by atoms with Gasteiger partial charge in [0.15, 0.2) is 5.69 Å². The van der Waals surface area contributed by atoms with Crippen molar-refractivity contribution in [3.8, 4) is 0 Å². The van der Waals surface area contributed by atoms with Crippen LogP contribution in [0.4, 0.5) is 0 Å². The Morgan fingerprint density at radius 3 is 2.74 bits per heavy atom. The van der Waals surface area contributed by atoms with Crippen molar-refractivity contribution in [1.82, 2.24) is 4.57 Å². The molecule has 0 aliphatic heterocycles. The molecule has 5 nitrogen and oxygen atoms in total. The summed E-state index contributed by atoms with van der Waals surface area (Å²) in [5, 5.41) is 21.5. The average molecular weight is 260 g/mol. The van der Waals surface area contributed by atoms with E-state index in [-0.39, 0.29) is 5.56 Å². The molecule has 1 atom stereocenters. The molecule has 1 N–H and O–H groups in total. The van der Waals surface area contributed by atoms with Crippen molar-refractivity contribution >= 4 is 5.97 Å². The van der Waals surface area contributed by atoms with Crippen LogP contribution >= 0.6 is 0 Å². The average Bonchev–Trinajstić information content (AvgIpc) is 2.79. The van der Waals surface area contributed by atoms with Crippen molar-refractivity contribution in [2.24, 2.45) is 7.05 Å². The summed E-state index contributed by atoms with van der Waals surface area (Å²) in [7, 11) is 1.81. The molecule has 1 unspecified atom stereocenters. The predicted octanol–water partition coefficient (Wildman–Crippen LogP) is -0.222. The molecule has 0 saturated heterocycles. The van der Waals surface area contributed by atoms with Gasteiger partial charge in [0.1, 0.15) is 12.3 Å². The van der Waals surface area contributed by atoms with E-state index in [4.69, 9.17) is 0 Å². The number of carboxylic acids is 1. The summed E-state index contributed by atoms with van der Waals surface area (Å²) < 4.78 is 3.69. The Morgan fingerprint density at radius 2 is 2.16 bits per heavy atom. The fraction of sp³-hybridized carbons (Fsp3) is 0.286. The van der Waals surface area contributed by atoms with Gasteiger partial charge in [-0.25, -0.2) is 9.13 Å². The zero-order valence-electron chi connectivity index (χ0n) is 10.9. The number of aromatic carboxylic acids is 1.